The van der Waals surface area contributed by atoms with Gasteiger partial charge < -0.3 is 10.2 Å². The Hall–Kier alpha value is -3.60. The van der Waals surface area contributed by atoms with E-state index in [4.69, 9.17) is 0 Å². The van der Waals surface area contributed by atoms with Crippen molar-refractivity contribution in [3.63, 3.8) is 0 Å². The van der Waals surface area contributed by atoms with Crippen LogP contribution in [0.3, 0.4) is 0 Å². The monoisotopic (exact) mass is 495 g/mol. The average molecular weight is 496 g/mol. The summed E-state index contributed by atoms with van der Waals surface area (Å²) in [5.74, 6) is 0.516. The molecule has 4 rings (SSSR count). The van der Waals surface area contributed by atoms with Gasteiger partial charge in [-0.05, 0) is 76.9 Å². The first-order valence-corrected chi connectivity index (χ1v) is 12.9. The molecule has 2 aromatic heterocycles. The van der Waals surface area contributed by atoms with Crippen LogP contribution in [0.4, 0.5) is 17.6 Å². The van der Waals surface area contributed by atoms with Crippen LogP contribution in [0.25, 0.3) is 0 Å². The summed E-state index contributed by atoms with van der Waals surface area (Å²) in [7, 11) is -3.86. The fourth-order valence-electron chi connectivity index (χ4n) is 4.10. The molecule has 1 fully saturated rings. The second-order valence-corrected chi connectivity index (χ2v) is 10.5. The number of carbonyl (C=O) groups excluding carboxylic acids is 1. The van der Waals surface area contributed by atoms with Crippen molar-refractivity contribution in [1.82, 2.24) is 19.9 Å². The highest BCUT2D eigenvalue weighted by Crippen LogP contribution is 2.23. The minimum atomic E-state index is -3.86. The molecule has 11 heteroatoms. The van der Waals surface area contributed by atoms with Crippen LogP contribution in [0.5, 0.6) is 0 Å². The number of anilines is 3. The van der Waals surface area contributed by atoms with Gasteiger partial charge in [0.2, 0.25) is 17.8 Å². The molecular formula is C24H29N7O3S. The summed E-state index contributed by atoms with van der Waals surface area (Å²) in [5, 5.41) is 2.90. The maximum atomic E-state index is 12.8. The van der Waals surface area contributed by atoms with Crippen molar-refractivity contribution in [3.05, 3.63) is 59.2 Å². The fraction of sp³-hybridized carbons (Fsp3) is 0.375. The smallest absolute Gasteiger partial charge is 0.264 e. The molecule has 1 aliphatic heterocycles. The molecule has 0 atom stereocenters. The van der Waals surface area contributed by atoms with E-state index < -0.39 is 10.0 Å². The predicted molar refractivity (Wildman–Crippen MR) is 134 cm³/mol. The number of rotatable bonds is 6. The van der Waals surface area contributed by atoms with Gasteiger partial charge in [0.1, 0.15) is 0 Å². The van der Waals surface area contributed by atoms with Gasteiger partial charge in [0.15, 0.2) is 0 Å². The largest absolute Gasteiger partial charge is 0.341 e. The molecule has 0 spiro atoms. The lowest BCUT2D eigenvalue weighted by molar-refractivity contribution is -0.120. The first-order valence-electron chi connectivity index (χ1n) is 11.4. The van der Waals surface area contributed by atoms with E-state index in [-0.39, 0.29) is 22.7 Å². The van der Waals surface area contributed by atoms with E-state index in [0.717, 1.165) is 11.4 Å². The maximum Gasteiger partial charge on any atom is 0.264 e. The van der Waals surface area contributed by atoms with Gasteiger partial charge in [-0.25, -0.2) is 33.1 Å². The van der Waals surface area contributed by atoms with Crippen molar-refractivity contribution < 1.29 is 13.2 Å². The van der Waals surface area contributed by atoms with E-state index >= 15 is 0 Å². The van der Waals surface area contributed by atoms with Crippen LogP contribution >= 0.6 is 0 Å². The highest BCUT2D eigenvalue weighted by atomic mass is 32.2. The third kappa shape index (κ3) is 6.10. The summed E-state index contributed by atoms with van der Waals surface area (Å²) < 4.78 is 27.8. The highest BCUT2D eigenvalue weighted by molar-refractivity contribution is 7.92. The van der Waals surface area contributed by atoms with E-state index in [0.29, 0.717) is 49.0 Å². The number of hydrogen-bond acceptors (Lipinski definition) is 8. The summed E-state index contributed by atoms with van der Waals surface area (Å²) in [6.45, 7) is 8.83. The zero-order chi connectivity index (χ0) is 25.2. The van der Waals surface area contributed by atoms with Gasteiger partial charge in [0, 0.05) is 47.5 Å². The van der Waals surface area contributed by atoms with Crippen LogP contribution in [0, 0.1) is 33.6 Å². The summed E-state index contributed by atoms with van der Waals surface area (Å²) in [4.78, 5) is 32.2. The van der Waals surface area contributed by atoms with Crippen LogP contribution in [-0.4, -0.2) is 47.4 Å². The number of aryl methyl sites for hydroxylation is 4. The van der Waals surface area contributed by atoms with E-state index in [1.54, 1.807) is 32.0 Å². The van der Waals surface area contributed by atoms with Crippen LogP contribution in [0.1, 0.15) is 35.6 Å². The lowest BCUT2D eigenvalue weighted by Gasteiger charge is -2.31. The Morgan fingerprint density at radius 3 is 1.91 bits per heavy atom. The molecule has 0 saturated carbocycles. The standard InChI is InChI=1S/C24H29N7O3S/c1-15-13-16(2)26-23(25-15)30-35(33,34)21-7-5-20(6-8-21)29-22(32)19-9-11-31(12-10-19)24-27-17(3)14-18(4)28-24/h5-8,13-14,19H,9-12H2,1-4H3,(H,29,32)(H,25,26,30). The summed E-state index contributed by atoms with van der Waals surface area (Å²) in [6, 6.07) is 9.74. The van der Waals surface area contributed by atoms with Gasteiger partial charge >= 0.3 is 0 Å². The lowest BCUT2D eigenvalue weighted by Crippen LogP contribution is -2.39. The van der Waals surface area contributed by atoms with Crippen molar-refractivity contribution in [2.45, 2.75) is 45.4 Å². The van der Waals surface area contributed by atoms with Crippen LogP contribution < -0.4 is 14.9 Å². The normalized spacial score (nSPS) is 14.6. The summed E-state index contributed by atoms with van der Waals surface area (Å²) in [5.41, 5.74) is 3.72. The number of amides is 1. The number of hydrogen-bond donors (Lipinski definition) is 2. The number of sulfonamides is 1. The molecule has 3 aromatic rings. The van der Waals surface area contributed by atoms with Gasteiger partial charge in [-0.15, -0.1) is 0 Å². The van der Waals surface area contributed by atoms with Gasteiger partial charge in [-0.1, -0.05) is 0 Å². The molecule has 0 radical (unpaired) electrons. The molecular weight excluding hydrogens is 466 g/mol. The number of piperidine rings is 1. The summed E-state index contributed by atoms with van der Waals surface area (Å²) >= 11 is 0. The Kier molecular flexibility index (Phi) is 6.97. The molecule has 3 heterocycles. The van der Waals surface area contributed by atoms with E-state index in [2.05, 4.69) is 34.9 Å². The molecule has 1 saturated heterocycles. The minimum absolute atomic E-state index is 0.0254. The maximum absolute atomic E-state index is 12.8. The highest BCUT2D eigenvalue weighted by Gasteiger charge is 2.26. The quantitative estimate of drug-likeness (QED) is 0.533. The Morgan fingerprint density at radius 1 is 0.857 bits per heavy atom. The van der Waals surface area contributed by atoms with E-state index in [1.807, 2.05) is 19.9 Å². The molecule has 0 unspecified atom stereocenters. The molecule has 1 aliphatic rings. The van der Waals surface area contributed by atoms with E-state index in [1.165, 1.54) is 12.1 Å². The molecule has 1 amide bonds. The second-order valence-electron chi connectivity index (χ2n) is 8.81. The van der Waals surface area contributed by atoms with Crippen molar-refractivity contribution in [3.8, 4) is 0 Å². The first-order chi connectivity index (χ1) is 16.6. The van der Waals surface area contributed by atoms with Gasteiger partial charge in [-0.2, -0.15) is 0 Å². The third-order valence-corrected chi connectivity index (χ3v) is 7.10. The second kappa shape index (κ2) is 9.95. The lowest BCUT2D eigenvalue weighted by atomic mass is 9.96. The molecule has 1 aromatic carbocycles. The average Bonchev–Trinajstić information content (AvgIpc) is 2.78. The van der Waals surface area contributed by atoms with Crippen LogP contribution in [0.2, 0.25) is 0 Å². The van der Waals surface area contributed by atoms with Crippen LogP contribution in [0.15, 0.2) is 41.3 Å². The number of nitrogens with one attached hydrogen (secondary N) is 2. The Balaban J connectivity index is 1.35. The predicted octanol–water partition coefficient (Wildman–Crippen LogP) is 3.16. The minimum Gasteiger partial charge on any atom is -0.341 e. The number of benzene rings is 1. The molecule has 35 heavy (non-hydrogen) atoms. The SMILES string of the molecule is Cc1cc(C)nc(NS(=O)(=O)c2ccc(NC(=O)C3CCN(c4nc(C)cc(C)n4)CC3)cc2)n1. The molecule has 2 N–H and O–H groups in total. The van der Waals surface area contributed by atoms with Gasteiger partial charge in [0.25, 0.3) is 10.0 Å². The zero-order valence-corrected chi connectivity index (χ0v) is 21.1. The van der Waals surface area contributed by atoms with Crippen molar-refractivity contribution >= 4 is 33.5 Å². The first kappa shape index (κ1) is 24.5. The molecule has 0 aliphatic carbocycles. The fourth-order valence-corrected chi connectivity index (χ4v) is 5.05. The van der Waals surface area contributed by atoms with Crippen molar-refractivity contribution in [2.75, 3.05) is 28.0 Å². The van der Waals surface area contributed by atoms with Crippen molar-refractivity contribution in [1.29, 1.82) is 0 Å². The number of nitrogens with zero attached hydrogens (tertiary/aromatic N) is 5. The molecule has 184 valence electrons. The molecule has 10 nitrogen and oxygen atoms in total. The number of carbonyl (C=O) groups is 1. The van der Waals surface area contributed by atoms with Crippen molar-refractivity contribution in [2.24, 2.45) is 5.92 Å². The topological polar surface area (TPSA) is 130 Å². The Bertz CT molecular complexity index is 1300. The number of aromatic nitrogens is 4. The Labute approximate surface area is 205 Å². The van der Waals surface area contributed by atoms with E-state index in [9.17, 15) is 13.2 Å². The Morgan fingerprint density at radius 2 is 1.37 bits per heavy atom. The van der Waals surface area contributed by atoms with Gasteiger partial charge in [0.05, 0.1) is 4.90 Å². The van der Waals surface area contributed by atoms with Gasteiger partial charge in [-0.3, -0.25) is 4.79 Å². The molecule has 0 bridgehead atoms. The van der Waals surface area contributed by atoms with Crippen LogP contribution in [-0.2, 0) is 14.8 Å². The zero-order valence-electron chi connectivity index (χ0n) is 20.2. The summed E-state index contributed by atoms with van der Waals surface area (Å²) in [6.07, 6.45) is 1.38. The third-order valence-electron chi connectivity index (χ3n) is 5.76.